The van der Waals surface area contributed by atoms with Gasteiger partial charge in [0.2, 0.25) is 0 Å². The third kappa shape index (κ3) is 2.75. The van der Waals surface area contributed by atoms with Crippen LogP contribution in [0.3, 0.4) is 0 Å². The minimum Gasteiger partial charge on any atom is -0.480 e. The van der Waals surface area contributed by atoms with E-state index in [4.69, 9.17) is 0 Å². The average molecular weight is 286 g/mol. The predicted octanol–water partition coefficient (Wildman–Crippen LogP) is 3.31. The number of aliphatic carboxylic acids is 1. The van der Waals surface area contributed by atoms with Crippen LogP contribution in [0.4, 0.5) is 0 Å². The Morgan fingerprint density at radius 1 is 1.40 bits per heavy atom. The normalized spacial score (nSPS) is 12.3. The number of rotatable bonds is 4. The molecule has 1 N–H and O–H groups in total. The highest BCUT2D eigenvalue weighted by molar-refractivity contribution is 8.00. The first kappa shape index (κ1) is 14.4. The number of carboxylic acids is 1. The van der Waals surface area contributed by atoms with E-state index in [9.17, 15) is 15.2 Å². The number of nitrogens with zero attached hydrogens (tertiary/aromatic N) is 2. The Morgan fingerprint density at radius 3 is 2.70 bits per heavy atom. The zero-order valence-electron chi connectivity index (χ0n) is 11.2. The molecule has 1 unspecified atom stereocenters. The van der Waals surface area contributed by atoms with Gasteiger partial charge < -0.3 is 5.11 Å². The van der Waals surface area contributed by atoms with Gasteiger partial charge in [-0.3, -0.25) is 9.78 Å². The summed E-state index contributed by atoms with van der Waals surface area (Å²) in [6, 6.07) is 9.54. The van der Waals surface area contributed by atoms with Crippen LogP contribution in [0, 0.1) is 17.2 Å². The molecule has 0 radical (unpaired) electrons. The molecular weight excluding hydrogens is 272 g/mol. The van der Waals surface area contributed by atoms with E-state index in [1.54, 1.807) is 0 Å². The lowest BCUT2D eigenvalue weighted by atomic mass is 10.1. The molecule has 1 atom stereocenters. The van der Waals surface area contributed by atoms with Crippen LogP contribution in [0.15, 0.2) is 35.4 Å². The maximum Gasteiger partial charge on any atom is 0.317 e. The summed E-state index contributed by atoms with van der Waals surface area (Å²) in [5.74, 6) is -0.897. The Labute approximate surface area is 121 Å². The molecule has 0 fully saturated rings. The maximum atomic E-state index is 11.4. The second kappa shape index (κ2) is 5.93. The Bertz CT molecular complexity index is 692. The molecule has 0 saturated carbocycles. The number of carboxylic acid groups (broad SMARTS) is 1. The van der Waals surface area contributed by atoms with Crippen molar-refractivity contribution in [1.82, 2.24) is 4.98 Å². The second-order valence-corrected chi connectivity index (χ2v) is 5.90. The van der Waals surface area contributed by atoms with Crippen molar-refractivity contribution in [3.05, 3.63) is 36.0 Å². The Morgan fingerprint density at radius 2 is 2.10 bits per heavy atom. The summed E-state index contributed by atoms with van der Waals surface area (Å²) in [5, 5.41) is 18.8. The SMILES string of the molecule is CC(C)C(Sc1c(C#N)cnc2ccccc12)C(=O)O. The predicted molar refractivity (Wildman–Crippen MR) is 78.6 cm³/mol. The zero-order valence-corrected chi connectivity index (χ0v) is 12.0. The first-order valence-corrected chi connectivity index (χ1v) is 7.10. The van der Waals surface area contributed by atoms with Crippen LogP contribution < -0.4 is 0 Å². The highest BCUT2D eigenvalue weighted by Gasteiger charge is 2.25. The number of hydrogen-bond donors (Lipinski definition) is 1. The van der Waals surface area contributed by atoms with Crippen LogP contribution in [-0.4, -0.2) is 21.3 Å². The van der Waals surface area contributed by atoms with E-state index < -0.39 is 11.2 Å². The molecule has 5 heteroatoms. The highest BCUT2D eigenvalue weighted by Crippen LogP contribution is 2.35. The molecule has 102 valence electrons. The fourth-order valence-corrected chi connectivity index (χ4v) is 3.07. The third-order valence-electron chi connectivity index (χ3n) is 2.94. The number of hydrogen-bond acceptors (Lipinski definition) is 4. The van der Waals surface area contributed by atoms with Crippen LogP contribution in [0.1, 0.15) is 19.4 Å². The number of carbonyl (C=O) groups is 1. The number of aromatic nitrogens is 1. The molecule has 0 amide bonds. The van der Waals surface area contributed by atoms with Gasteiger partial charge in [-0.15, -0.1) is 11.8 Å². The van der Waals surface area contributed by atoms with E-state index >= 15 is 0 Å². The molecule has 2 rings (SSSR count). The van der Waals surface area contributed by atoms with Gasteiger partial charge in [0.15, 0.2) is 0 Å². The molecule has 2 aromatic rings. The van der Waals surface area contributed by atoms with Crippen LogP contribution in [0.2, 0.25) is 0 Å². The van der Waals surface area contributed by atoms with Crippen LogP contribution >= 0.6 is 11.8 Å². The van der Waals surface area contributed by atoms with Crippen molar-refractivity contribution in [2.45, 2.75) is 24.0 Å². The Balaban J connectivity index is 2.57. The van der Waals surface area contributed by atoms with Crippen molar-refractivity contribution < 1.29 is 9.90 Å². The van der Waals surface area contributed by atoms with Crippen LogP contribution in [0.5, 0.6) is 0 Å². The lowest BCUT2D eigenvalue weighted by molar-refractivity contribution is -0.137. The summed E-state index contributed by atoms with van der Waals surface area (Å²) in [6.07, 6.45) is 1.50. The molecular formula is C15H14N2O2S. The maximum absolute atomic E-state index is 11.4. The van der Waals surface area contributed by atoms with Gasteiger partial charge in [0, 0.05) is 16.5 Å². The van der Waals surface area contributed by atoms with Gasteiger partial charge in [-0.1, -0.05) is 32.0 Å². The van der Waals surface area contributed by atoms with Gasteiger partial charge in [0.1, 0.15) is 11.3 Å². The van der Waals surface area contributed by atoms with E-state index in [1.807, 2.05) is 38.1 Å². The van der Waals surface area contributed by atoms with Gasteiger partial charge in [-0.05, 0) is 12.0 Å². The van der Waals surface area contributed by atoms with E-state index in [-0.39, 0.29) is 5.92 Å². The van der Waals surface area contributed by atoms with Gasteiger partial charge in [-0.2, -0.15) is 5.26 Å². The lowest BCUT2D eigenvalue weighted by Crippen LogP contribution is -2.22. The van der Waals surface area contributed by atoms with Crippen molar-refractivity contribution in [3.8, 4) is 6.07 Å². The topological polar surface area (TPSA) is 74.0 Å². The largest absolute Gasteiger partial charge is 0.480 e. The van der Waals surface area contributed by atoms with E-state index in [1.165, 1.54) is 18.0 Å². The summed E-state index contributed by atoms with van der Waals surface area (Å²) < 4.78 is 0. The van der Waals surface area contributed by atoms with Gasteiger partial charge in [0.05, 0.1) is 11.1 Å². The monoisotopic (exact) mass is 286 g/mol. The highest BCUT2D eigenvalue weighted by atomic mass is 32.2. The minimum absolute atomic E-state index is 0.0315. The van der Waals surface area contributed by atoms with E-state index in [0.29, 0.717) is 10.5 Å². The molecule has 0 saturated heterocycles. The quantitative estimate of drug-likeness (QED) is 0.873. The van der Waals surface area contributed by atoms with Crippen molar-refractivity contribution in [2.75, 3.05) is 0 Å². The number of benzene rings is 1. The first-order valence-electron chi connectivity index (χ1n) is 6.22. The van der Waals surface area contributed by atoms with Gasteiger partial charge >= 0.3 is 5.97 Å². The molecule has 0 aliphatic carbocycles. The molecule has 0 spiro atoms. The Kier molecular flexibility index (Phi) is 4.26. The summed E-state index contributed by atoms with van der Waals surface area (Å²) in [6.45, 7) is 3.72. The van der Waals surface area contributed by atoms with Gasteiger partial charge in [-0.25, -0.2) is 0 Å². The van der Waals surface area contributed by atoms with Crippen molar-refractivity contribution in [3.63, 3.8) is 0 Å². The number of thioether (sulfide) groups is 1. The van der Waals surface area contributed by atoms with Crippen LogP contribution in [-0.2, 0) is 4.79 Å². The standard InChI is InChI=1S/C15H14N2O2S/c1-9(2)13(15(18)19)20-14-10(7-16)8-17-12-6-4-3-5-11(12)14/h3-6,8-9,13H,1-2H3,(H,18,19). The lowest BCUT2D eigenvalue weighted by Gasteiger charge is -2.17. The van der Waals surface area contributed by atoms with E-state index in [2.05, 4.69) is 11.1 Å². The van der Waals surface area contributed by atoms with E-state index in [0.717, 1.165) is 10.9 Å². The fourth-order valence-electron chi connectivity index (χ4n) is 1.92. The summed E-state index contributed by atoms with van der Waals surface area (Å²) in [7, 11) is 0. The summed E-state index contributed by atoms with van der Waals surface area (Å²) >= 11 is 1.22. The average Bonchev–Trinajstić information content (AvgIpc) is 2.43. The first-order chi connectivity index (χ1) is 9.54. The van der Waals surface area contributed by atoms with Gasteiger partial charge in [0.25, 0.3) is 0 Å². The van der Waals surface area contributed by atoms with Crippen LogP contribution in [0.25, 0.3) is 10.9 Å². The second-order valence-electron chi connectivity index (χ2n) is 4.75. The molecule has 0 bridgehead atoms. The number of fused-ring (bicyclic) bond motifs is 1. The third-order valence-corrected chi connectivity index (χ3v) is 4.62. The summed E-state index contributed by atoms with van der Waals surface area (Å²) in [5.41, 5.74) is 1.18. The fraction of sp³-hybridized carbons (Fsp3) is 0.267. The van der Waals surface area contributed by atoms with Crippen molar-refractivity contribution in [1.29, 1.82) is 5.26 Å². The van der Waals surface area contributed by atoms with Crippen molar-refractivity contribution in [2.24, 2.45) is 5.92 Å². The number of nitriles is 1. The Hall–Kier alpha value is -2.06. The molecule has 4 nitrogen and oxygen atoms in total. The molecule has 1 aromatic heterocycles. The van der Waals surface area contributed by atoms with Crippen molar-refractivity contribution >= 4 is 28.6 Å². The molecule has 0 aliphatic rings. The number of pyridine rings is 1. The molecule has 0 aliphatic heterocycles. The molecule has 20 heavy (non-hydrogen) atoms. The minimum atomic E-state index is -0.866. The number of para-hydroxylation sites is 1. The molecule has 1 aromatic carbocycles. The smallest absolute Gasteiger partial charge is 0.317 e. The zero-order chi connectivity index (χ0) is 14.7. The summed E-state index contributed by atoms with van der Waals surface area (Å²) in [4.78, 5) is 16.3. The molecule has 1 heterocycles.